The fourth-order valence-electron chi connectivity index (χ4n) is 8.73. The van der Waals surface area contributed by atoms with Gasteiger partial charge in [0.2, 0.25) is 0 Å². The molecule has 0 saturated heterocycles. The highest BCUT2D eigenvalue weighted by molar-refractivity contribution is 6.12. The number of nitrogens with zero attached hydrogens (tertiary/aromatic N) is 6. The van der Waals surface area contributed by atoms with Crippen LogP contribution in [0.25, 0.3) is 88.4 Å². The second-order valence-electron chi connectivity index (χ2n) is 14.7. The Balaban J connectivity index is 1.33. The number of hydrogen-bond acceptors (Lipinski definition) is 4. The normalized spacial score (nSPS) is 11.1. The van der Waals surface area contributed by atoms with Crippen LogP contribution < -0.4 is 0 Å². The number of fused-ring (bicyclic) bond motifs is 6. The summed E-state index contributed by atoms with van der Waals surface area (Å²) in [6.07, 6.45) is 0. The molecule has 0 fully saturated rings. The third-order valence-electron chi connectivity index (χ3n) is 11.3. The minimum absolute atomic E-state index is 0.458. The standard InChI is InChI=1S/C53H30N6/c1-33-22-34(29-54)24-39(23-33)47-28-50(58-48-16-8-6-14-43(48)45-20-18-35(25-51(45)58)41-12-4-2-10-37(41)30-55)40(32-57)27-53(47)59-49-17-9-7-15-44(49)46-21-19-36(26-52(46)59)42-13-5-3-11-38(42)31-56/h2-28H,1H3. The van der Waals surface area contributed by atoms with Crippen LogP contribution in [0.2, 0.25) is 0 Å². The lowest BCUT2D eigenvalue weighted by molar-refractivity contribution is 1.13. The molecule has 0 saturated carbocycles. The molecule has 59 heavy (non-hydrogen) atoms. The topological polar surface area (TPSA) is 105 Å². The van der Waals surface area contributed by atoms with Crippen molar-refractivity contribution >= 4 is 43.6 Å². The molecular weight excluding hydrogens is 721 g/mol. The van der Waals surface area contributed by atoms with E-state index in [2.05, 4.69) is 106 Å². The molecule has 10 rings (SSSR count). The highest BCUT2D eigenvalue weighted by atomic mass is 15.0. The maximum absolute atomic E-state index is 11.2. The third-order valence-corrected chi connectivity index (χ3v) is 11.3. The fraction of sp³-hybridized carbons (Fsp3) is 0.0189. The van der Waals surface area contributed by atoms with Crippen LogP contribution in [0, 0.1) is 52.2 Å². The first-order valence-electron chi connectivity index (χ1n) is 19.2. The largest absolute Gasteiger partial charge is 0.309 e. The van der Waals surface area contributed by atoms with Crippen LogP contribution >= 0.6 is 0 Å². The maximum Gasteiger partial charge on any atom is 0.101 e. The zero-order valence-electron chi connectivity index (χ0n) is 31.8. The number of hydrogen-bond donors (Lipinski definition) is 0. The summed E-state index contributed by atoms with van der Waals surface area (Å²) in [5.74, 6) is 0. The lowest BCUT2D eigenvalue weighted by atomic mass is 9.96. The Morgan fingerprint density at radius 3 is 1.39 bits per heavy atom. The Morgan fingerprint density at radius 1 is 0.356 bits per heavy atom. The molecule has 0 aliphatic carbocycles. The lowest BCUT2D eigenvalue weighted by Crippen LogP contribution is -2.04. The van der Waals surface area contributed by atoms with Gasteiger partial charge >= 0.3 is 0 Å². The molecule has 0 spiro atoms. The number of benzene rings is 8. The van der Waals surface area contributed by atoms with Gasteiger partial charge < -0.3 is 9.13 Å². The van der Waals surface area contributed by atoms with Crippen LogP contribution in [-0.4, -0.2) is 9.13 Å². The van der Waals surface area contributed by atoms with Crippen molar-refractivity contribution < 1.29 is 0 Å². The fourth-order valence-corrected chi connectivity index (χ4v) is 8.73. The molecule has 0 amide bonds. The Morgan fingerprint density at radius 2 is 0.847 bits per heavy atom. The van der Waals surface area contributed by atoms with Gasteiger partial charge in [0, 0.05) is 27.1 Å². The number of para-hydroxylation sites is 2. The van der Waals surface area contributed by atoms with E-state index in [0.29, 0.717) is 27.9 Å². The van der Waals surface area contributed by atoms with Crippen molar-refractivity contribution in [3.8, 4) is 69.0 Å². The summed E-state index contributed by atoms with van der Waals surface area (Å²) in [5.41, 5.74) is 13.4. The van der Waals surface area contributed by atoms with E-state index >= 15 is 0 Å². The average molecular weight is 751 g/mol. The molecule has 6 nitrogen and oxygen atoms in total. The van der Waals surface area contributed by atoms with Crippen LogP contribution in [0.15, 0.2) is 164 Å². The SMILES string of the molecule is Cc1cc(C#N)cc(-c2cc(-n3c4ccccc4c4ccc(-c5ccccc5C#N)cc43)c(C#N)cc2-n2c3ccccc3c3ccc(-c4ccccc4C#N)cc32)c1. The molecule has 0 radical (unpaired) electrons. The van der Waals surface area contributed by atoms with Crippen molar-refractivity contribution in [2.45, 2.75) is 6.92 Å². The van der Waals surface area contributed by atoms with Gasteiger partial charge in [-0.15, -0.1) is 0 Å². The van der Waals surface area contributed by atoms with Gasteiger partial charge in [-0.25, -0.2) is 0 Å². The molecule has 272 valence electrons. The molecule has 0 atom stereocenters. The molecule has 0 N–H and O–H groups in total. The van der Waals surface area contributed by atoms with E-state index in [1.807, 2.05) is 97.9 Å². The maximum atomic E-state index is 11.2. The molecule has 0 aliphatic heterocycles. The van der Waals surface area contributed by atoms with Gasteiger partial charge in [-0.1, -0.05) is 103 Å². The van der Waals surface area contributed by atoms with Gasteiger partial charge in [0.15, 0.2) is 0 Å². The van der Waals surface area contributed by atoms with Crippen LogP contribution in [0.3, 0.4) is 0 Å². The van der Waals surface area contributed by atoms with Gasteiger partial charge in [-0.3, -0.25) is 0 Å². The van der Waals surface area contributed by atoms with Crippen LogP contribution in [0.4, 0.5) is 0 Å². The van der Waals surface area contributed by atoms with Gasteiger partial charge in [0.25, 0.3) is 0 Å². The summed E-state index contributed by atoms with van der Waals surface area (Å²) in [7, 11) is 0. The molecule has 2 heterocycles. The zero-order valence-corrected chi connectivity index (χ0v) is 31.8. The minimum atomic E-state index is 0.458. The van der Waals surface area contributed by atoms with Crippen LogP contribution in [0.5, 0.6) is 0 Å². The van der Waals surface area contributed by atoms with E-state index in [4.69, 9.17) is 0 Å². The molecule has 0 bridgehead atoms. The lowest BCUT2D eigenvalue weighted by Gasteiger charge is -2.19. The second-order valence-corrected chi connectivity index (χ2v) is 14.7. The highest BCUT2D eigenvalue weighted by Gasteiger charge is 2.23. The minimum Gasteiger partial charge on any atom is -0.309 e. The first kappa shape index (κ1) is 34.8. The van der Waals surface area contributed by atoms with E-state index < -0.39 is 0 Å². The van der Waals surface area contributed by atoms with Crippen LogP contribution in [0.1, 0.15) is 27.8 Å². The highest BCUT2D eigenvalue weighted by Crippen LogP contribution is 2.43. The predicted molar refractivity (Wildman–Crippen MR) is 235 cm³/mol. The summed E-state index contributed by atoms with van der Waals surface area (Å²) in [4.78, 5) is 0. The summed E-state index contributed by atoms with van der Waals surface area (Å²) in [6.45, 7) is 1.99. The number of nitriles is 4. The molecule has 0 aliphatic rings. The molecular formula is C53H30N6. The first-order valence-corrected chi connectivity index (χ1v) is 19.2. The average Bonchev–Trinajstić information content (AvgIpc) is 3.80. The smallest absolute Gasteiger partial charge is 0.101 e. The quantitative estimate of drug-likeness (QED) is 0.175. The molecule has 2 aromatic heterocycles. The molecule has 8 aromatic carbocycles. The van der Waals surface area contributed by atoms with Crippen molar-refractivity contribution in [3.63, 3.8) is 0 Å². The monoisotopic (exact) mass is 750 g/mol. The van der Waals surface area contributed by atoms with E-state index in [1.165, 1.54) is 0 Å². The van der Waals surface area contributed by atoms with Crippen molar-refractivity contribution in [2.24, 2.45) is 0 Å². The predicted octanol–water partition coefficient (Wildman–Crippen LogP) is 12.7. The van der Waals surface area contributed by atoms with E-state index in [9.17, 15) is 21.0 Å². The van der Waals surface area contributed by atoms with Gasteiger partial charge in [0.1, 0.15) is 6.07 Å². The summed E-state index contributed by atoms with van der Waals surface area (Å²) in [6, 6.07) is 63.7. The Labute approximate surface area is 340 Å². The van der Waals surface area contributed by atoms with Gasteiger partial charge in [-0.2, -0.15) is 21.0 Å². The van der Waals surface area contributed by atoms with Crippen molar-refractivity contribution in [3.05, 3.63) is 192 Å². The number of rotatable bonds is 5. The van der Waals surface area contributed by atoms with Crippen molar-refractivity contribution in [1.29, 1.82) is 21.0 Å². The molecule has 0 unspecified atom stereocenters. The van der Waals surface area contributed by atoms with E-state index in [0.717, 1.165) is 88.2 Å². The second kappa shape index (κ2) is 13.8. The Hall–Kier alpha value is -8.68. The summed E-state index contributed by atoms with van der Waals surface area (Å²) < 4.78 is 4.36. The first-order chi connectivity index (χ1) is 29.0. The van der Waals surface area contributed by atoms with Gasteiger partial charge in [0.05, 0.1) is 73.9 Å². The van der Waals surface area contributed by atoms with Gasteiger partial charge in [-0.05, 0) is 101 Å². The third kappa shape index (κ3) is 5.53. The Kier molecular flexibility index (Phi) is 8.14. The number of aryl methyl sites for hydroxylation is 1. The van der Waals surface area contributed by atoms with Crippen LogP contribution in [-0.2, 0) is 0 Å². The van der Waals surface area contributed by atoms with E-state index in [-0.39, 0.29) is 0 Å². The number of aromatic nitrogens is 2. The Bertz CT molecular complexity index is 3570. The zero-order chi connectivity index (χ0) is 40.2. The molecule has 6 heteroatoms. The van der Waals surface area contributed by atoms with E-state index in [1.54, 1.807) is 0 Å². The summed E-state index contributed by atoms with van der Waals surface area (Å²) >= 11 is 0. The van der Waals surface area contributed by atoms with Crippen molar-refractivity contribution in [1.82, 2.24) is 9.13 Å². The summed E-state index contributed by atoms with van der Waals surface area (Å²) in [5, 5.41) is 45.5. The van der Waals surface area contributed by atoms with Crippen molar-refractivity contribution in [2.75, 3.05) is 0 Å². The molecule has 10 aromatic rings.